The third-order valence-electron chi connectivity index (χ3n) is 3.21. The third kappa shape index (κ3) is 2.23. The fraction of sp³-hybridized carbons (Fsp3) is 0.176. The Balaban J connectivity index is 2.24. The van der Waals surface area contributed by atoms with E-state index >= 15 is 0 Å². The number of ether oxygens (including phenoxy) is 1. The van der Waals surface area contributed by atoms with Crippen LogP contribution in [0.15, 0.2) is 48.7 Å². The van der Waals surface area contributed by atoms with Gasteiger partial charge in [0, 0.05) is 22.8 Å². The summed E-state index contributed by atoms with van der Waals surface area (Å²) in [7, 11) is 0. The second-order valence-corrected chi connectivity index (χ2v) is 4.61. The first kappa shape index (κ1) is 12.6. The number of hydrogen-bond acceptors (Lipinski definition) is 3. The Hall–Kier alpha value is -2.42. The minimum absolute atomic E-state index is 0.603. The first-order valence-corrected chi connectivity index (χ1v) is 6.74. The standard InChI is InChI=1S/C17H16N2O/c1-3-20-17-15(7-5-11-18-17)13-6-4-8-16-14(13)10-9-12(2)19-16/h4-11H,3H2,1-2H3. The summed E-state index contributed by atoms with van der Waals surface area (Å²) in [5.41, 5.74) is 4.12. The average Bonchev–Trinajstić information content (AvgIpc) is 2.47. The van der Waals surface area contributed by atoms with Crippen LogP contribution < -0.4 is 4.74 Å². The Morgan fingerprint density at radius 3 is 2.70 bits per heavy atom. The van der Waals surface area contributed by atoms with Crippen LogP contribution in [0.1, 0.15) is 12.6 Å². The van der Waals surface area contributed by atoms with E-state index in [4.69, 9.17) is 4.74 Å². The van der Waals surface area contributed by atoms with Crippen molar-refractivity contribution in [2.45, 2.75) is 13.8 Å². The van der Waals surface area contributed by atoms with Crippen LogP contribution in [0, 0.1) is 6.92 Å². The monoisotopic (exact) mass is 264 g/mol. The van der Waals surface area contributed by atoms with E-state index in [9.17, 15) is 0 Å². The van der Waals surface area contributed by atoms with Gasteiger partial charge in [-0.3, -0.25) is 4.98 Å². The number of nitrogens with zero attached hydrogens (tertiary/aromatic N) is 2. The molecule has 3 aromatic rings. The maximum absolute atomic E-state index is 5.63. The van der Waals surface area contributed by atoms with E-state index in [1.807, 2.05) is 44.2 Å². The molecular formula is C17H16N2O. The van der Waals surface area contributed by atoms with Crippen molar-refractivity contribution in [1.82, 2.24) is 9.97 Å². The maximum atomic E-state index is 5.63. The van der Waals surface area contributed by atoms with Crippen molar-refractivity contribution < 1.29 is 4.74 Å². The van der Waals surface area contributed by atoms with Crippen molar-refractivity contribution in [3.8, 4) is 17.0 Å². The summed E-state index contributed by atoms with van der Waals surface area (Å²) in [6.07, 6.45) is 1.75. The van der Waals surface area contributed by atoms with Crippen molar-refractivity contribution in [1.29, 1.82) is 0 Å². The molecule has 100 valence electrons. The van der Waals surface area contributed by atoms with Gasteiger partial charge in [-0.15, -0.1) is 0 Å². The van der Waals surface area contributed by atoms with Crippen LogP contribution in [-0.2, 0) is 0 Å². The maximum Gasteiger partial charge on any atom is 0.221 e. The summed E-state index contributed by atoms with van der Waals surface area (Å²) in [5.74, 6) is 0.670. The van der Waals surface area contributed by atoms with Gasteiger partial charge in [-0.2, -0.15) is 0 Å². The minimum Gasteiger partial charge on any atom is -0.478 e. The van der Waals surface area contributed by atoms with Crippen molar-refractivity contribution in [2.75, 3.05) is 6.61 Å². The number of rotatable bonds is 3. The van der Waals surface area contributed by atoms with Gasteiger partial charge >= 0.3 is 0 Å². The fourth-order valence-corrected chi connectivity index (χ4v) is 2.34. The first-order valence-electron chi connectivity index (χ1n) is 6.74. The quantitative estimate of drug-likeness (QED) is 0.717. The lowest BCUT2D eigenvalue weighted by Gasteiger charge is -2.11. The largest absolute Gasteiger partial charge is 0.478 e. The summed E-state index contributed by atoms with van der Waals surface area (Å²) < 4.78 is 5.63. The third-order valence-corrected chi connectivity index (χ3v) is 3.21. The summed E-state index contributed by atoms with van der Waals surface area (Å²) >= 11 is 0. The summed E-state index contributed by atoms with van der Waals surface area (Å²) in [4.78, 5) is 8.90. The molecule has 1 aromatic carbocycles. The molecule has 0 unspecified atom stereocenters. The highest BCUT2D eigenvalue weighted by molar-refractivity contribution is 5.95. The molecule has 0 spiro atoms. The van der Waals surface area contributed by atoms with E-state index in [1.165, 1.54) is 0 Å². The van der Waals surface area contributed by atoms with Gasteiger partial charge in [-0.1, -0.05) is 18.2 Å². The summed E-state index contributed by atoms with van der Waals surface area (Å²) in [5, 5.41) is 1.12. The Morgan fingerprint density at radius 2 is 1.85 bits per heavy atom. The molecule has 0 aliphatic carbocycles. The lowest BCUT2D eigenvalue weighted by molar-refractivity contribution is 0.328. The molecule has 0 saturated heterocycles. The van der Waals surface area contributed by atoms with Gasteiger partial charge in [0.05, 0.1) is 12.1 Å². The van der Waals surface area contributed by atoms with Gasteiger partial charge in [0.25, 0.3) is 0 Å². The van der Waals surface area contributed by atoms with Crippen LogP contribution in [0.2, 0.25) is 0 Å². The van der Waals surface area contributed by atoms with Gasteiger partial charge < -0.3 is 4.74 Å². The average molecular weight is 264 g/mol. The van der Waals surface area contributed by atoms with Gasteiger partial charge in [0.1, 0.15) is 0 Å². The summed E-state index contributed by atoms with van der Waals surface area (Å²) in [6.45, 7) is 4.57. The molecule has 0 aliphatic rings. The van der Waals surface area contributed by atoms with E-state index < -0.39 is 0 Å². The highest BCUT2D eigenvalue weighted by Gasteiger charge is 2.10. The van der Waals surface area contributed by atoms with E-state index in [2.05, 4.69) is 22.1 Å². The Bertz CT molecular complexity index is 753. The number of pyridine rings is 2. The molecule has 0 radical (unpaired) electrons. The molecule has 0 aliphatic heterocycles. The van der Waals surface area contributed by atoms with Crippen molar-refractivity contribution >= 4 is 10.9 Å². The predicted octanol–water partition coefficient (Wildman–Crippen LogP) is 4.00. The highest BCUT2D eigenvalue weighted by Crippen LogP contribution is 2.33. The second kappa shape index (κ2) is 5.29. The normalized spacial score (nSPS) is 10.7. The zero-order chi connectivity index (χ0) is 13.9. The molecule has 0 bridgehead atoms. The predicted molar refractivity (Wildman–Crippen MR) is 80.9 cm³/mol. The molecule has 3 heteroatoms. The molecule has 0 saturated carbocycles. The molecule has 0 N–H and O–H groups in total. The number of fused-ring (bicyclic) bond motifs is 1. The minimum atomic E-state index is 0.603. The number of benzene rings is 1. The van der Waals surface area contributed by atoms with E-state index in [0.717, 1.165) is 27.7 Å². The van der Waals surface area contributed by atoms with Crippen LogP contribution in [0.4, 0.5) is 0 Å². The van der Waals surface area contributed by atoms with E-state index in [-0.39, 0.29) is 0 Å². The molecule has 0 atom stereocenters. The fourth-order valence-electron chi connectivity index (χ4n) is 2.34. The second-order valence-electron chi connectivity index (χ2n) is 4.61. The first-order chi connectivity index (χ1) is 9.79. The van der Waals surface area contributed by atoms with Gasteiger partial charge in [-0.05, 0) is 43.7 Å². The van der Waals surface area contributed by atoms with Gasteiger partial charge in [0.15, 0.2) is 0 Å². The zero-order valence-electron chi connectivity index (χ0n) is 11.6. The molecule has 3 nitrogen and oxygen atoms in total. The molecule has 0 fully saturated rings. The van der Waals surface area contributed by atoms with Crippen molar-refractivity contribution in [3.05, 3.63) is 54.4 Å². The number of aromatic nitrogens is 2. The van der Waals surface area contributed by atoms with Crippen LogP contribution >= 0.6 is 0 Å². The van der Waals surface area contributed by atoms with Gasteiger partial charge in [0.2, 0.25) is 5.88 Å². The molecule has 20 heavy (non-hydrogen) atoms. The van der Waals surface area contributed by atoms with E-state index in [1.54, 1.807) is 6.20 Å². The molecule has 2 aromatic heterocycles. The van der Waals surface area contributed by atoms with Gasteiger partial charge in [-0.25, -0.2) is 4.98 Å². The number of hydrogen-bond donors (Lipinski definition) is 0. The van der Waals surface area contributed by atoms with Crippen LogP contribution in [0.25, 0.3) is 22.0 Å². The van der Waals surface area contributed by atoms with Crippen molar-refractivity contribution in [3.63, 3.8) is 0 Å². The topological polar surface area (TPSA) is 35.0 Å². The SMILES string of the molecule is CCOc1ncccc1-c1cccc2nc(C)ccc12. The molecular weight excluding hydrogens is 248 g/mol. The molecule has 0 amide bonds. The molecule has 3 rings (SSSR count). The lowest BCUT2D eigenvalue weighted by Crippen LogP contribution is -1.97. The zero-order valence-corrected chi connectivity index (χ0v) is 11.6. The Labute approximate surface area is 118 Å². The Morgan fingerprint density at radius 1 is 1.00 bits per heavy atom. The van der Waals surface area contributed by atoms with Crippen LogP contribution in [-0.4, -0.2) is 16.6 Å². The van der Waals surface area contributed by atoms with Crippen LogP contribution in [0.3, 0.4) is 0 Å². The smallest absolute Gasteiger partial charge is 0.221 e. The van der Waals surface area contributed by atoms with Crippen molar-refractivity contribution in [2.24, 2.45) is 0 Å². The van der Waals surface area contributed by atoms with E-state index in [0.29, 0.717) is 12.5 Å². The number of aryl methyl sites for hydroxylation is 1. The Kier molecular flexibility index (Phi) is 3.33. The highest BCUT2D eigenvalue weighted by atomic mass is 16.5. The lowest BCUT2D eigenvalue weighted by atomic mass is 10.0. The van der Waals surface area contributed by atoms with Crippen LogP contribution in [0.5, 0.6) is 5.88 Å². The summed E-state index contributed by atoms with van der Waals surface area (Å²) in [6, 6.07) is 14.2. The molecule has 2 heterocycles.